The molecule has 0 nitrogen and oxygen atoms in total. The first-order valence-corrected chi connectivity index (χ1v) is 8.92. The highest BCUT2D eigenvalue weighted by atomic mass is 35.5. The lowest BCUT2D eigenvalue weighted by atomic mass is 9.96. The van der Waals surface area contributed by atoms with E-state index in [1.807, 2.05) is 39.8 Å². The third kappa shape index (κ3) is 6.42. The molecule has 0 spiro atoms. The largest absolute Gasteiger partial charge is 0.0843 e. The molecule has 22 heavy (non-hydrogen) atoms. The Hall–Kier alpha value is -0.980. The third-order valence-corrected chi connectivity index (χ3v) is 3.72. The van der Waals surface area contributed by atoms with E-state index in [2.05, 4.69) is 38.1 Å². The van der Waals surface area contributed by atoms with Gasteiger partial charge in [0.2, 0.25) is 0 Å². The van der Waals surface area contributed by atoms with Crippen LogP contribution in [0.5, 0.6) is 0 Å². The molecule has 0 saturated carbocycles. The van der Waals surface area contributed by atoms with Crippen LogP contribution in [0.3, 0.4) is 0 Å². The minimum absolute atomic E-state index is 0.599. The van der Waals surface area contributed by atoms with E-state index in [9.17, 15) is 0 Å². The second-order valence-corrected chi connectivity index (χ2v) is 5.46. The summed E-state index contributed by atoms with van der Waals surface area (Å²) in [7, 11) is 0. The lowest BCUT2D eigenvalue weighted by molar-refractivity contribution is 0.734. The summed E-state index contributed by atoms with van der Waals surface area (Å²) < 4.78 is 0. The molecule has 2 aromatic rings. The Bertz CT molecular complexity index is 510. The second kappa shape index (κ2) is 11.6. The zero-order valence-electron chi connectivity index (χ0n) is 14.6. The molecule has 0 aromatic heterocycles. The van der Waals surface area contributed by atoms with E-state index >= 15 is 0 Å². The normalized spacial score (nSPS) is 10.7. The van der Waals surface area contributed by atoms with E-state index in [1.54, 1.807) is 6.07 Å². The zero-order chi connectivity index (χ0) is 17.1. The average Bonchev–Trinajstić information content (AvgIpc) is 2.57. The fourth-order valence-corrected chi connectivity index (χ4v) is 2.49. The van der Waals surface area contributed by atoms with Crippen LogP contribution in [0.15, 0.2) is 42.5 Å². The van der Waals surface area contributed by atoms with Gasteiger partial charge in [0.15, 0.2) is 0 Å². The van der Waals surface area contributed by atoms with Crippen molar-refractivity contribution in [3.05, 3.63) is 58.1 Å². The Morgan fingerprint density at radius 3 is 1.64 bits per heavy atom. The molecule has 0 heterocycles. The molecule has 0 aliphatic carbocycles. The molecular weight excluding hydrogens is 311 g/mol. The third-order valence-electron chi connectivity index (χ3n) is 3.29. The van der Waals surface area contributed by atoms with Gasteiger partial charge in [-0.3, -0.25) is 0 Å². The van der Waals surface area contributed by atoms with Gasteiger partial charge < -0.3 is 0 Å². The summed E-state index contributed by atoms with van der Waals surface area (Å²) in [5.41, 5.74) is 3.57. The second-order valence-electron chi connectivity index (χ2n) is 4.59. The van der Waals surface area contributed by atoms with Crippen molar-refractivity contribution in [3.63, 3.8) is 0 Å². The van der Waals surface area contributed by atoms with Crippen LogP contribution >= 0.6 is 23.2 Å². The summed E-state index contributed by atoms with van der Waals surface area (Å²) in [5.74, 6) is 0.599. The fraction of sp³-hybridized carbons (Fsp3) is 0.400. The highest BCUT2D eigenvalue weighted by molar-refractivity contribution is 6.35. The molecule has 0 radical (unpaired) electrons. The van der Waals surface area contributed by atoms with Gasteiger partial charge in [-0.1, -0.05) is 89.0 Å². The predicted molar refractivity (Wildman–Crippen MR) is 103 cm³/mol. The molecule has 0 saturated heterocycles. The lowest BCUT2D eigenvalue weighted by Crippen LogP contribution is -1.90. The maximum Gasteiger partial charge on any atom is 0.0426 e. The van der Waals surface area contributed by atoms with Gasteiger partial charge in [-0.05, 0) is 47.2 Å². The monoisotopic (exact) mass is 338 g/mol. The molecule has 0 aliphatic heterocycles. The molecule has 0 N–H and O–H groups in total. The molecule has 122 valence electrons. The maximum absolute atomic E-state index is 6.02. The molecule has 2 rings (SSSR count). The fourth-order valence-electron chi connectivity index (χ4n) is 1.96. The summed E-state index contributed by atoms with van der Waals surface area (Å²) in [6.07, 6.45) is 1.16. The molecule has 1 unspecified atom stereocenters. The summed E-state index contributed by atoms with van der Waals surface area (Å²) in [6.45, 7) is 12.4. The van der Waals surface area contributed by atoms with Crippen LogP contribution in [0, 0.1) is 0 Å². The van der Waals surface area contributed by atoms with Crippen molar-refractivity contribution in [2.24, 2.45) is 0 Å². The Balaban J connectivity index is 0.00000102. The topological polar surface area (TPSA) is 0 Å². The minimum Gasteiger partial charge on any atom is -0.0843 e. The van der Waals surface area contributed by atoms with Gasteiger partial charge >= 0.3 is 0 Å². The van der Waals surface area contributed by atoms with E-state index in [1.165, 1.54) is 5.56 Å². The minimum atomic E-state index is 0.599. The maximum atomic E-state index is 6.02. The Labute approximate surface area is 146 Å². The molecule has 0 fully saturated rings. The number of halogens is 2. The van der Waals surface area contributed by atoms with E-state index in [0.717, 1.165) is 17.5 Å². The van der Waals surface area contributed by atoms with Crippen LogP contribution in [0.4, 0.5) is 0 Å². The van der Waals surface area contributed by atoms with Crippen LogP contribution < -0.4 is 0 Å². The number of benzene rings is 2. The predicted octanol–water partition coefficient (Wildman–Crippen LogP) is 8.23. The van der Waals surface area contributed by atoms with Crippen molar-refractivity contribution < 1.29 is 0 Å². The first kappa shape index (κ1) is 21.0. The summed E-state index contributed by atoms with van der Waals surface area (Å²) >= 11 is 12.0. The van der Waals surface area contributed by atoms with Crippen LogP contribution in [-0.4, -0.2) is 0 Å². The van der Waals surface area contributed by atoms with Gasteiger partial charge in [-0.2, -0.15) is 0 Å². The lowest BCUT2D eigenvalue weighted by Gasteiger charge is -2.10. The molecule has 1 atom stereocenters. The van der Waals surface area contributed by atoms with Crippen LogP contribution in [-0.2, 0) is 0 Å². The molecule has 0 aliphatic rings. The molecule has 2 aromatic carbocycles. The van der Waals surface area contributed by atoms with Crippen molar-refractivity contribution in [1.29, 1.82) is 0 Å². The summed E-state index contributed by atoms with van der Waals surface area (Å²) in [6, 6.07) is 14.2. The highest BCUT2D eigenvalue weighted by Gasteiger charge is 2.04. The number of hydrogen-bond donors (Lipinski definition) is 0. The van der Waals surface area contributed by atoms with E-state index in [4.69, 9.17) is 23.2 Å². The Morgan fingerprint density at radius 1 is 0.773 bits per heavy atom. The molecule has 0 bridgehead atoms. The quantitative estimate of drug-likeness (QED) is 0.528. The van der Waals surface area contributed by atoms with Gasteiger partial charge in [0.1, 0.15) is 0 Å². The van der Waals surface area contributed by atoms with Gasteiger partial charge in [0.25, 0.3) is 0 Å². The van der Waals surface area contributed by atoms with Crippen molar-refractivity contribution >= 4 is 23.2 Å². The van der Waals surface area contributed by atoms with E-state index in [-0.39, 0.29) is 0 Å². The van der Waals surface area contributed by atoms with E-state index < -0.39 is 0 Å². The van der Waals surface area contributed by atoms with Crippen LogP contribution in [0.2, 0.25) is 10.0 Å². The standard InChI is InChI=1S/C16H16Cl2.2C2H6/c1-3-11(2)12-4-6-13(7-5-12)14-8-15(17)10-16(18)9-14;2*1-2/h4-11H,3H2,1-2H3;2*1-2H3. The Morgan fingerprint density at radius 2 is 1.23 bits per heavy atom. The van der Waals surface area contributed by atoms with Gasteiger partial charge in [-0.15, -0.1) is 0 Å². The average molecular weight is 339 g/mol. The SMILES string of the molecule is CC.CC.CCC(C)c1ccc(-c2cc(Cl)cc(Cl)c2)cc1. The smallest absolute Gasteiger partial charge is 0.0426 e. The van der Waals surface area contributed by atoms with Gasteiger partial charge in [0.05, 0.1) is 0 Å². The number of rotatable bonds is 3. The van der Waals surface area contributed by atoms with Crippen LogP contribution in [0.1, 0.15) is 59.4 Å². The van der Waals surface area contributed by atoms with E-state index in [0.29, 0.717) is 16.0 Å². The van der Waals surface area contributed by atoms with Crippen molar-refractivity contribution in [1.82, 2.24) is 0 Å². The van der Waals surface area contributed by atoms with Crippen molar-refractivity contribution in [3.8, 4) is 11.1 Å². The van der Waals surface area contributed by atoms with Crippen molar-refractivity contribution in [2.45, 2.75) is 53.9 Å². The van der Waals surface area contributed by atoms with Gasteiger partial charge in [0, 0.05) is 10.0 Å². The highest BCUT2D eigenvalue weighted by Crippen LogP contribution is 2.28. The first-order chi connectivity index (χ1) is 10.6. The van der Waals surface area contributed by atoms with Crippen LogP contribution in [0.25, 0.3) is 11.1 Å². The summed E-state index contributed by atoms with van der Waals surface area (Å²) in [5, 5.41) is 1.34. The van der Waals surface area contributed by atoms with Gasteiger partial charge in [-0.25, -0.2) is 0 Å². The number of hydrogen-bond acceptors (Lipinski definition) is 0. The summed E-state index contributed by atoms with van der Waals surface area (Å²) in [4.78, 5) is 0. The molecule has 0 amide bonds. The first-order valence-electron chi connectivity index (χ1n) is 8.16. The molecular formula is C20H28Cl2. The van der Waals surface area contributed by atoms with Crippen molar-refractivity contribution in [2.75, 3.05) is 0 Å². The zero-order valence-corrected chi connectivity index (χ0v) is 16.1. The molecule has 2 heteroatoms. The Kier molecular flexibility index (Phi) is 11.1.